The number of nitrogens with one attached hydrogen (secondary N) is 1. The number of aromatic nitrogens is 1. The molecule has 0 aromatic carbocycles. The Hall–Kier alpha value is -1.88. The summed E-state index contributed by atoms with van der Waals surface area (Å²) in [5, 5.41) is 3.68. The second kappa shape index (κ2) is 6.20. The maximum absolute atomic E-state index is 11.9. The number of hydrogen-bond donors (Lipinski definition) is 2. The van der Waals surface area contributed by atoms with Crippen LogP contribution in [0.25, 0.3) is 6.08 Å². The van der Waals surface area contributed by atoms with E-state index in [4.69, 9.17) is 5.73 Å². The Morgan fingerprint density at radius 2 is 2.12 bits per heavy atom. The molecule has 0 radical (unpaired) electrons. The molecule has 4 rings (SSSR count). The third-order valence-corrected chi connectivity index (χ3v) is 5.77. The molecule has 1 amide bonds. The van der Waals surface area contributed by atoms with E-state index in [0.29, 0.717) is 23.7 Å². The predicted molar refractivity (Wildman–Crippen MR) is 95.9 cm³/mol. The standard InChI is InChI=1S/C19H26N4O/c1-2-8-23-13-6-7-14(23)10-12(9-13)22-18-15-4-3-5-17(15)21-11-16(18)19(20)24/h3-4,11-14H,2,5-10H2,1H3,(H2,20,24)(H,21,22)/t12?,13-,14+. The SMILES string of the molecule is CCCN1[C@@H]2CC[C@H]1CC(Nc1c(C(N)=O)cnc3c1C=CC3)C2. The van der Waals surface area contributed by atoms with Crippen LogP contribution >= 0.6 is 0 Å². The summed E-state index contributed by atoms with van der Waals surface area (Å²) in [6.07, 6.45) is 12.8. The number of nitrogens with two attached hydrogens (primary N) is 1. The molecule has 2 fully saturated rings. The minimum absolute atomic E-state index is 0.403. The largest absolute Gasteiger partial charge is 0.381 e. The molecular formula is C19H26N4O. The first kappa shape index (κ1) is 15.6. The fraction of sp³-hybridized carbons (Fsp3) is 0.579. The Morgan fingerprint density at radius 3 is 2.79 bits per heavy atom. The van der Waals surface area contributed by atoms with Gasteiger partial charge in [0.2, 0.25) is 0 Å². The lowest BCUT2D eigenvalue weighted by Crippen LogP contribution is -2.47. The van der Waals surface area contributed by atoms with E-state index in [9.17, 15) is 4.79 Å². The summed E-state index contributed by atoms with van der Waals surface area (Å²) in [7, 11) is 0. The fourth-order valence-corrected chi connectivity index (χ4v) is 4.76. The lowest BCUT2D eigenvalue weighted by molar-refractivity contribution is 0.100. The van der Waals surface area contributed by atoms with E-state index in [-0.39, 0.29) is 0 Å². The molecular weight excluding hydrogens is 300 g/mol. The van der Waals surface area contributed by atoms with Crippen molar-refractivity contribution in [2.75, 3.05) is 11.9 Å². The first-order valence-corrected chi connectivity index (χ1v) is 9.17. The van der Waals surface area contributed by atoms with Gasteiger partial charge in [-0.2, -0.15) is 0 Å². The molecule has 2 saturated heterocycles. The quantitative estimate of drug-likeness (QED) is 0.872. The second-order valence-corrected chi connectivity index (χ2v) is 7.31. The number of carbonyl (C=O) groups excluding carboxylic acids is 1. The molecule has 1 aromatic rings. The third kappa shape index (κ3) is 2.61. The van der Waals surface area contributed by atoms with Crippen LogP contribution < -0.4 is 11.1 Å². The van der Waals surface area contributed by atoms with E-state index in [2.05, 4.69) is 34.3 Å². The summed E-state index contributed by atoms with van der Waals surface area (Å²) in [6.45, 7) is 3.47. The number of carbonyl (C=O) groups is 1. The van der Waals surface area contributed by atoms with Gasteiger partial charge in [-0.3, -0.25) is 14.7 Å². The number of amides is 1. The van der Waals surface area contributed by atoms with E-state index in [1.165, 1.54) is 25.8 Å². The van der Waals surface area contributed by atoms with E-state index < -0.39 is 5.91 Å². The zero-order valence-corrected chi connectivity index (χ0v) is 14.3. The monoisotopic (exact) mass is 326 g/mol. The number of nitrogens with zero attached hydrogens (tertiary/aromatic N) is 2. The average Bonchev–Trinajstić information content (AvgIpc) is 3.11. The highest BCUT2D eigenvalue weighted by Crippen LogP contribution is 2.38. The molecule has 3 N–H and O–H groups in total. The van der Waals surface area contributed by atoms with Crippen LogP contribution in [-0.4, -0.2) is 40.5 Å². The normalized spacial score (nSPS) is 28.1. The Balaban J connectivity index is 1.58. The van der Waals surface area contributed by atoms with Gasteiger partial charge >= 0.3 is 0 Å². The molecule has 1 aromatic heterocycles. The first-order chi connectivity index (χ1) is 11.7. The van der Waals surface area contributed by atoms with Crippen molar-refractivity contribution < 1.29 is 4.79 Å². The van der Waals surface area contributed by atoms with Crippen LogP contribution in [-0.2, 0) is 6.42 Å². The summed E-state index contributed by atoms with van der Waals surface area (Å²) in [6, 6.07) is 1.78. The Morgan fingerprint density at radius 1 is 1.38 bits per heavy atom. The van der Waals surface area contributed by atoms with Crippen molar-refractivity contribution in [2.24, 2.45) is 5.73 Å². The van der Waals surface area contributed by atoms with Gasteiger partial charge in [-0.05, 0) is 38.6 Å². The molecule has 0 spiro atoms. The minimum Gasteiger partial charge on any atom is -0.381 e. The number of rotatable bonds is 5. The van der Waals surface area contributed by atoms with Crippen molar-refractivity contribution in [3.8, 4) is 0 Å². The maximum Gasteiger partial charge on any atom is 0.252 e. The van der Waals surface area contributed by atoms with Gasteiger partial charge in [0.25, 0.3) is 5.91 Å². The highest BCUT2D eigenvalue weighted by Gasteiger charge is 2.40. The van der Waals surface area contributed by atoms with Gasteiger partial charge in [-0.1, -0.05) is 19.1 Å². The van der Waals surface area contributed by atoms with Crippen LogP contribution in [0.5, 0.6) is 0 Å². The lowest BCUT2D eigenvalue weighted by atomic mass is 9.95. The number of hydrogen-bond acceptors (Lipinski definition) is 4. The van der Waals surface area contributed by atoms with Crippen LogP contribution in [0.4, 0.5) is 5.69 Å². The van der Waals surface area contributed by atoms with Gasteiger partial charge < -0.3 is 11.1 Å². The highest BCUT2D eigenvalue weighted by atomic mass is 16.1. The average molecular weight is 326 g/mol. The van der Waals surface area contributed by atoms with Crippen molar-refractivity contribution in [1.82, 2.24) is 9.88 Å². The van der Waals surface area contributed by atoms with Crippen molar-refractivity contribution in [2.45, 2.75) is 63.6 Å². The topological polar surface area (TPSA) is 71.2 Å². The maximum atomic E-state index is 11.9. The van der Waals surface area contributed by atoms with E-state index in [1.54, 1.807) is 6.20 Å². The molecule has 128 valence electrons. The van der Waals surface area contributed by atoms with Gasteiger partial charge in [0.05, 0.1) is 16.9 Å². The number of piperidine rings is 1. The molecule has 3 atom stereocenters. The summed E-state index contributed by atoms with van der Waals surface area (Å²) in [5.74, 6) is -0.403. The van der Waals surface area contributed by atoms with Gasteiger partial charge in [0.1, 0.15) is 0 Å². The Kier molecular flexibility index (Phi) is 4.04. The summed E-state index contributed by atoms with van der Waals surface area (Å²) >= 11 is 0. The molecule has 0 saturated carbocycles. The Bertz CT molecular complexity index is 670. The zero-order chi connectivity index (χ0) is 16.7. The van der Waals surface area contributed by atoms with Crippen LogP contribution in [0.1, 0.15) is 60.6 Å². The van der Waals surface area contributed by atoms with Gasteiger partial charge in [0, 0.05) is 36.3 Å². The second-order valence-electron chi connectivity index (χ2n) is 7.31. The number of fused-ring (bicyclic) bond motifs is 3. The molecule has 1 aliphatic carbocycles. The summed E-state index contributed by atoms with van der Waals surface area (Å²) < 4.78 is 0. The molecule has 24 heavy (non-hydrogen) atoms. The van der Waals surface area contributed by atoms with Gasteiger partial charge in [-0.15, -0.1) is 0 Å². The van der Waals surface area contributed by atoms with E-state index >= 15 is 0 Å². The smallest absolute Gasteiger partial charge is 0.252 e. The molecule has 5 nitrogen and oxygen atoms in total. The number of pyridine rings is 1. The molecule has 1 unspecified atom stereocenters. The van der Waals surface area contributed by atoms with Crippen LogP contribution in [0.3, 0.4) is 0 Å². The van der Waals surface area contributed by atoms with Crippen LogP contribution in [0.2, 0.25) is 0 Å². The number of primary amides is 1. The van der Waals surface area contributed by atoms with Crippen molar-refractivity contribution >= 4 is 17.7 Å². The van der Waals surface area contributed by atoms with Crippen LogP contribution in [0.15, 0.2) is 12.3 Å². The number of allylic oxidation sites excluding steroid dienone is 1. The fourth-order valence-electron chi connectivity index (χ4n) is 4.76. The molecule has 2 aliphatic heterocycles. The zero-order valence-electron chi connectivity index (χ0n) is 14.3. The van der Waals surface area contributed by atoms with Crippen LogP contribution in [0, 0.1) is 0 Å². The predicted octanol–water partition coefficient (Wildman–Crippen LogP) is 2.57. The number of anilines is 1. The molecule has 5 heteroatoms. The molecule has 3 heterocycles. The van der Waals surface area contributed by atoms with E-state index in [1.807, 2.05) is 0 Å². The highest BCUT2D eigenvalue weighted by molar-refractivity contribution is 6.00. The Labute approximate surface area is 143 Å². The lowest BCUT2D eigenvalue weighted by Gasteiger charge is -2.39. The van der Waals surface area contributed by atoms with Gasteiger partial charge in [0.15, 0.2) is 0 Å². The molecule has 2 bridgehead atoms. The minimum atomic E-state index is -0.403. The van der Waals surface area contributed by atoms with Gasteiger partial charge in [-0.25, -0.2) is 0 Å². The third-order valence-electron chi connectivity index (χ3n) is 5.77. The first-order valence-electron chi connectivity index (χ1n) is 9.17. The summed E-state index contributed by atoms with van der Waals surface area (Å²) in [5.41, 5.74) is 9.09. The summed E-state index contributed by atoms with van der Waals surface area (Å²) in [4.78, 5) is 19.0. The van der Waals surface area contributed by atoms with E-state index in [0.717, 1.165) is 36.2 Å². The van der Waals surface area contributed by atoms with Crippen molar-refractivity contribution in [3.05, 3.63) is 29.1 Å². The molecule has 3 aliphatic rings. The van der Waals surface area contributed by atoms with Crippen molar-refractivity contribution in [1.29, 1.82) is 0 Å². The van der Waals surface area contributed by atoms with Crippen molar-refractivity contribution in [3.63, 3.8) is 0 Å².